The molecule has 4 aromatic rings. The summed E-state index contributed by atoms with van der Waals surface area (Å²) in [6, 6.07) is 4.09. The highest BCUT2D eigenvalue weighted by Crippen LogP contribution is 2.28. The largest absolute Gasteiger partial charge is 0.381 e. The zero-order valence-electron chi connectivity index (χ0n) is 16.7. The maximum Gasteiger partial charge on any atom is 0.329 e. The first-order valence-electron chi connectivity index (χ1n) is 9.76. The standard InChI is InChI=1S/C20H23N7O2/c1-12-8-18-22-11-23-27(18)13(2)19(12)24-17-9-15-16(10-21-17)25(3)20(28)26(15)14-4-6-29-7-5-14/h8-11,14H,4-7H2,1-3H3,(H,21,24). The lowest BCUT2D eigenvalue weighted by molar-refractivity contribution is 0.0696. The highest BCUT2D eigenvalue weighted by molar-refractivity contribution is 5.80. The molecule has 1 aliphatic rings. The maximum absolute atomic E-state index is 12.9. The molecular weight excluding hydrogens is 370 g/mol. The Kier molecular flexibility index (Phi) is 4.13. The molecule has 5 heterocycles. The van der Waals surface area contributed by atoms with Crippen molar-refractivity contribution in [1.82, 2.24) is 28.7 Å². The maximum atomic E-state index is 12.9. The van der Waals surface area contributed by atoms with E-state index in [1.165, 1.54) is 0 Å². The van der Waals surface area contributed by atoms with E-state index >= 15 is 0 Å². The molecule has 0 saturated carbocycles. The minimum atomic E-state index is -0.0118. The van der Waals surface area contributed by atoms with Gasteiger partial charge in [-0.1, -0.05) is 0 Å². The second kappa shape index (κ2) is 6.70. The van der Waals surface area contributed by atoms with Gasteiger partial charge in [0.2, 0.25) is 0 Å². The van der Waals surface area contributed by atoms with E-state index in [9.17, 15) is 4.79 Å². The van der Waals surface area contributed by atoms with Gasteiger partial charge in [0.15, 0.2) is 5.65 Å². The summed E-state index contributed by atoms with van der Waals surface area (Å²) in [4.78, 5) is 21.7. The monoisotopic (exact) mass is 393 g/mol. The second-order valence-corrected chi connectivity index (χ2v) is 7.56. The molecule has 1 saturated heterocycles. The fraction of sp³-hybridized carbons (Fsp3) is 0.400. The number of anilines is 2. The fourth-order valence-electron chi connectivity index (χ4n) is 4.20. The van der Waals surface area contributed by atoms with Gasteiger partial charge in [-0.15, -0.1) is 0 Å². The number of ether oxygens (including phenoxy) is 1. The van der Waals surface area contributed by atoms with Gasteiger partial charge in [-0.3, -0.25) is 9.13 Å². The van der Waals surface area contributed by atoms with E-state index < -0.39 is 0 Å². The summed E-state index contributed by atoms with van der Waals surface area (Å²) in [7, 11) is 1.79. The summed E-state index contributed by atoms with van der Waals surface area (Å²) < 4.78 is 10.8. The van der Waals surface area contributed by atoms with Gasteiger partial charge in [-0.25, -0.2) is 19.3 Å². The third-order valence-corrected chi connectivity index (χ3v) is 5.78. The predicted molar refractivity (Wildman–Crippen MR) is 110 cm³/mol. The van der Waals surface area contributed by atoms with Crippen LogP contribution in [-0.4, -0.2) is 41.9 Å². The van der Waals surface area contributed by atoms with Gasteiger partial charge in [-0.05, 0) is 38.3 Å². The summed E-state index contributed by atoms with van der Waals surface area (Å²) in [5.74, 6) is 0.689. The Morgan fingerprint density at radius 2 is 1.93 bits per heavy atom. The van der Waals surface area contributed by atoms with E-state index in [2.05, 4.69) is 20.4 Å². The molecular formula is C20H23N7O2. The highest BCUT2D eigenvalue weighted by Gasteiger charge is 2.22. The first-order chi connectivity index (χ1) is 14.0. The van der Waals surface area contributed by atoms with Crippen LogP contribution in [0.2, 0.25) is 0 Å². The molecule has 5 rings (SSSR count). The number of aryl methyl sites for hydroxylation is 3. The van der Waals surface area contributed by atoms with Gasteiger partial charge < -0.3 is 10.1 Å². The van der Waals surface area contributed by atoms with E-state index in [1.54, 1.807) is 28.7 Å². The van der Waals surface area contributed by atoms with E-state index in [-0.39, 0.29) is 11.7 Å². The number of aromatic nitrogens is 6. The Morgan fingerprint density at radius 1 is 1.14 bits per heavy atom. The molecule has 9 heteroatoms. The minimum absolute atomic E-state index is 0.0118. The zero-order valence-corrected chi connectivity index (χ0v) is 16.7. The summed E-state index contributed by atoms with van der Waals surface area (Å²) in [6.45, 7) is 5.39. The molecule has 29 heavy (non-hydrogen) atoms. The Hall–Kier alpha value is -3.20. The lowest BCUT2D eigenvalue weighted by atomic mass is 10.1. The minimum Gasteiger partial charge on any atom is -0.381 e. The van der Waals surface area contributed by atoms with Crippen LogP contribution in [0.15, 0.2) is 29.5 Å². The molecule has 0 radical (unpaired) electrons. The van der Waals surface area contributed by atoms with Crippen molar-refractivity contribution in [3.8, 4) is 0 Å². The van der Waals surface area contributed by atoms with Crippen LogP contribution in [0.4, 0.5) is 11.5 Å². The molecule has 150 valence electrons. The van der Waals surface area contributed by atoms with Crippen molar-refractivity contribution in [1.29, 1.82) is 0 Å². The van der Waals surface area contributed by atoms with E-state index in [4.69, 9.17) is 4.74 Å². The van der Waals surface area contributed by atoms with Crippen LogP contribution in [0.1, 0.15) is 30.1 Å². The van der Waals surface area contributed by atoms with Crippen LogP contribution < -0.4 is 11.0 Å². The number of rotatable bonds is 3. The lowest BCUT2D eigenvalue weighted by Crippen LogP contribution is -2.29. The zero-order chi connectivity index (χ0) is 20.1. The highest BCUT2D eigenvalue weighted by atomic mass is 16.5. The molecule has 0 bridgehead atoms. The average Bonchev–Trinajstić information content (AvgIpc) is 3.29. The van der Waals surface area contributed by atoms with Crippen LogP contribution in [-0.2, 0) is 11.8 Å². The topological polar surface area (TPSA) is 91.3 Å². The third-order valence-electron chi connectivity index (χ3n) is 5.78. The molecule has 1 fully saturated rings. The second-order valence-electron chi connectivity index (χ2n) is 7.56. The molecule has 9 nitrogen and oxygen atoms in total. The van der Waals surface area contributed by atoms with Crippen LogP contribution in [0.5, 0.6) is 0 Å². The predicted octanol–water partition coefficient (Wildman–Crippen LogP) is 2.49. The Labute approximate surface area is 167 Å². The number of imidazole rings is 1. The lowest BCUT2D eigenvalue weighted by Gasteiger charge is -2.23. The summed E-state index contributed by atoms with van der Waals surface area (Å²) in [6.07, 6.45) is 4.98. The van der Waals surface area contributed by atoms with Gasteiger partial charge in [0.1, 0.15) is 12.1 Å². The third kappa shape index (κ3) is 2.80. The van der Waals surface area contributed by atoms with Crippen molar-refractivity contribution >= 4 is 28.2 Å². The van der Waals surface area contributed by atoms with Crippen molar-refractivity contribution in [2.24, 2.45) is 7.05 Å². The van der Waals surface area contributed by atoms with Gasteiger partial charge in [0, 0.05) is 32.4 Å². The molecule has 1 aliphatic heterocycles. The van der Waals surface area contributed by atoms with Gasteiger partial charge in [0.25, 0.3) is 0 Å². The molecule has 0 spiro atoms. The summed E-state index contributed by atoms with van der Waals surface area (Å²) in [5, 5.41) is 7.71. The number of fused-ring (bicyclic) bond motifs is 2. The molecule has 0 amide bonds. The molecule has 4 aromatic heterocycles. The fourth-order valence-corrected chi connectivity index (χ4v) is 4.20. The molecule has 0 aliphatic carbocycles. The normalized spacial score (nSPS) is 15.4. The summed E-state index contributed by atoms with van der Waals surface area (Å²) >= 11 is 0. The number of nitrogens with one attached hydrogen (secondary N) is 1. The van der Waals surface area contributed by atoms with Crippen molar-refractivity contribution in [3.63, 3.8) is 0 Å². The average molecular weight is 393 g/mol. The quantitative estimate of drug-likeness (QED) is 0.575. The SMILES string of the molecule is Cc1cc2ncnn2c(C)c1Nc1cc2c(cn1)n(C)c(=O)n2C1CCOCC1. The van der Waals surface area contributed by atoms with Gasteiger partial charge >= 0.3 is 5.69 Å². The molecule has 0 unspecified atom stereocenters. The Bertz CT molecular complexity index is 1280. The smallest absolute Gasteiger partial charge is 0.329 e. The van der Waals surface area contributed by atoms with Crippen molar-refractivity contribution in [3.05, 3.63) is 46.4 Å². The first-order valence-corrected chi connectivity index (χ1v) is 9.76. The first kappa shape index (κ1) is 17.9. The number of pyridine rings is 2. The number of hydrogen-bond acceptors (Lipinski definition) is 6. The van der Waals surface area contributed by atoms with Gasteiger partial charge in [0.05, 0.1) is 28.6 Å². The van der Waals surface area contributed by atoms with Crippen LogP contribution in [0.25, 0.3) is 16.7 Å². The summed E-state index contributed by atoms with van der Waals surface area (Å²) in [5.41, 5.74) is 5.46. The molecule has 0 atom stereocenters. The van der Waals surface area contributed by atoms with Crippen LogP contribution in [0.3, 0.4) is 0 Å². The van der Waals surface area contributed by atoms with Crippen LogP contribution >= 0.6 is 0 Å². The Morgan fingerprint density at radius 3 is 2.72 bits per heavy atom. The Balaban J connectivity index is 1.61. The van der Waals surface area contributed by atoms with Crippen LogP contribution in [0, 0.1) is 13.8 Å². The van der Waals surface area contributed by atoms with E-state index in [0.717, 1.165) is 46.5 Å². The van der Waals surface area contributed by atoms with E-state index in [1.807, 2.05) is 30.5 Å². The van der Waals surface area contributed by atoms with E-state index in [0.29, 0.717) is 19.0 Å². The number of nitrogens with zero attached hydrogens (tertiary/aromatic N) is 6. The number of hydrogen-bond donors (Lipinski definition) is 1. The van der Waals surface area contributed by atoms with Crippen molar-refractivity contribution in [2.75, 3.05) is 18.5 Å². The van der Waals surface area contributed by atoms with Gasteiger partial charge in [-0.2, -0.15) is 5.10 Å². The molecule has 1 N–H and O–H groups in total. The van der Waals surface area contributed by atoms with Crippen molar-refractivity contribution in [2.45, 2.75) is 32.7 Å². The van der Waals surface area contributed by atoms with Crippen molar-refractivity contribution < 1.29 is 4.74 Å². The molecule has 0 aromatic carbocycles.